The summed E-state index contributed by atoms with van der Waals surface area (Å²) in [5.74, 6) is -0.0414. The van der Waals surface area contributed by atoms with Gasteiger partial charge in [-0.15, -0.1) is 0 Å². The molecule has 0 saturated heterocycles. The molecule has 1 atom stereocenters. The van der Waals surface area contributed by atoms with Crippen LogP contribution in [0.2, 0.25) is 0 Å². The molecule has 112 valence electrons. The van der Waals surface area contributed by atoms with Crippen LogP contribution in [0.5, 0.6) is 0 Å². The third-order valence-corrected chi connectivity index (χ3v) is 3.15. The van der Waals surface area contributed by atoms with Crippen molar-refractivity contribution in [1.29, 1.82) is 0 Å². The van der Waals surface area contributed by atoms with E-state index in [9.17, 15) is 4.79 Å². The van der Waals surface area contributed by atoms with Crippen molar-refractivity contribution in [3.05, 3.63) is 42.5 Å². The van der Waals surface area contributed by atoms with Crippen LogP contribution in [0, 0.1) is 0 Å². The summed E-state index contributed by atoms with van der Waals surface area (Å²) < 4.78 is 1.99. The molecule has 0 radical (unpaired) electrons. The van der Waals surface area contributed by atoms with E-state index in [1.165, 1.54) is 0 Å². The number of rotatable bonds is 5. The molecule has 0 fully saturated rings. The van der Waals surface area contributed by atoms with Crippen LogP contribution in [0.3, 0.4) is 0 Å². The molecule has 1 amide bonds. The van der Waals surface area contributed by atoms with Crippen molar-refractivity contribution in [1.82, 2.24) is 14.5 Å². The van der Waals surface area contributed by atoms with Crippen molar-refractivity contribution in [3.63, 3.8) is 0 Å². The normalized spacial score (nSPS) is 12.0. The first-order chi connectivity index (χ1) is 9.97. The van der Waals surface area contributed by atoms with Gasteiger partial charge in [0.25, 0.3) is 5.91 Å². The molecule has 2 rings (SSSR count). The Bertz CT molecular complexity index is 607. The van der Waals surface area contributed by atoms with Gasteiger partial charge < -0.3 is 20.5 Å². The van der Waals surface area contributed by atoms with Crippen LogP contribution in [0.25, 0.3) is 0 Å². The topological polar surface area (TPSA) is 76.2 Å². The van der Waals surface area contributed by atoms with Gasteiger partial charge in [-0.2, -0.15) is 0 Å². The fourth-order valence-corrected chi connectivity index (χ4v) is 2.09. The Hall–Kier alpha value is -2.50. The average Bonchev–Trinajstić information content (AvgIpc) is 2.93. The summed E-state index contributed by atoms with van der Waals surface area (Å²) in [6.45, 7) is 2.82. The number of nitrogens with zero attached hydrogens (tertiary/aromatic N) is 3. The zero-order valence-corrected chi connectivity index (χ0v) is 12.6. The van der Waals surface area contributed by atoms with Gasteiger partial charge >= 0.3 is 0 Å². The first-order valence-corrected chi connectivity index (χ1v) is 6.81. The average molecular weight is 287 g/mol. The van der Waals surface area contributed by atoms with Crippen molar-refractivity contribution < 1.29 is 4.79 Å². The van der Waals surface area contributed by atoms with Crippen molar-refractivity contribution >= 4 is 17.3 Å². The molecule has 0 saturated carbocycles. The van der Waals surface area contributed by atoms with E-state index in [1.54, 1.807) is 49.7 Å². The molecule has 0 aliphatic carbocycles. The van der Waals surface area contributed by atoms with E-state index in [-0.39, 0.29) is 11.9 Å². The molecular weight excluding hydrogens is 266 g/mol. The van der Waals surface area contributed by atoms with E-state index < -0.39 is 0 Å². The number of nitrogens with two attached hydrogens (primary N) is 1. The molecule has 6 nitrogen and oxygen atoms in total. The molecule has 0 aliphatic rings. The van der Waals surface area contributed by atoms with Crippen LogP contribution in [0.1, 0.15) is 17.3 Å². The third kappa shape index (κ3) is 3.75. The highest BCUT2D eigenvalue weighted by molar-refractivity contribution is 5.95. The van der Waals surface area contributed by atoms with Crippen LogP contribution in [0.15, 0.2) is 36.9 Å². The van der Waals surface area contributed by atoms with E-state index in [2.05, 4.69) is 17.2 Å². The molecule has 1 unspecified atom stereocenters. The summed E-state index contributed by atoms with van der Waals surface area (Å²) in [4.78, 5) is 17.6. The molecular formula is C15H21N5O. The lowest BCUT2D eigenvalue weighted by molar-refractivity contribution is 0.0827. The monoisotopic (exact) mass is 287 g/mol. The number of benzene rings is 1. The van der Waals surface area contributed by atoms with Crippen LogP contribution in [-0.2, 0) is 6.54 Å². The number of anilines is 2. The summed E-state index contributed by atoms with van der Waals surface area (Å²) >= 11 is 0. The maximum Gasteiger partial charge on any atom is 0.253 e. The van der Waals surface area contributed by atoms with Gasteiger partial charge in [0.1, 0.15) is 0 Å². The standard InChI is InChI=1S/C15H21N5O/c1-11(9-20-7-6-17-10-20)18-14-8-12(4-5-13(14)16)15(21)19(2)3/h4-8,10-11,18H,9,16H2,1-3H3. The van der Waals surface area contributed by atoms with Crippen LogP contribution in [-0.4, -0.2) is 40.5 Å². The molecule has 6 heteroatoms. The molecule has 0 bridgehead atoms. The second-order valence-electron chi connectivity index (χ2n) is 5.31. The lowest BCUT2D eigenvalue weighted by Crippen LogP contribution is -2.24. The summed E-state index contributed by atoms with van der Waals surface area (Å²) in [5, 5.41) is 3.34. The Morgan fingerprint density at radius 1 is 1.48 bits per heavy atom. The fourth-order valence-electron chi connectivity index (χ4n) is 2.09. The van der Waals surface area contributed by atoms with Gasteiger partial charge in [0.05, 0.1) is 17.7 Å². The Balaban J connectivity index is 2.11. The maximum absolute atomic E-state index is 12.0. The van der Waals surface area contributed by atoms with Crippen LogP contribution >= 0.6 is 0 Å². The largest absolute Gasteiger partial charge is 0.397 e. The quantitative estimate of drug-likeness (QED) is 0.820. The number of aromatic nitrogens is 2. The number of hydrogen-bond acceptors (Lipinski definition) is 4. The Labute approximate surface area is 124 Å². The first-order valence-electron chi connectivity index (χ1n) is 6.81. The lowest BCUT2D eigenvalue weighted by Gasteiger charge is -2.18. The minimum Gasteiger partial charge on any atom is -0.397 e. The van der Waals surface area contributed by atoms with Crippen LogP contribution < -0.4 is 11.1 Å². The van der Waals surface area contributed by atoms with E-state index in [1.807, 2.05) is 10.8 Å². The van der Waals surface area contributed by atoms with Gasteiger partial charge in [0.15, 0.2) is 0 Å². The number of carbonyl (C=O) groups excluding carboxylic acids is 1. The number of nitrogens with one attached hydrogen (secondary N) is 1. The van der Waals surface area contributed by atoms with Gasteiger partial charge in [-0.05, 0) is 25.1 Å². The Morgan fingerprint density at radius 3 is 2.86 bits per heavy atom. The predicted octanol–water partition coefficient (Wildman–Crippen LogP) is 1.67. The van der Waals surface area contributed by atoms with E-state index in [0.717, 1.165) is 12.2 Å². The summed E-state index contributed by atoms with van der Waals surface area (Å²) in [7, 11) is 3.46. The van der Waals surface area contributed by atoms with Crippen molar-refractivity contribution in [2.75, 3.05) is 25.1 Å². The number of amides is 1. The molecule has 1 aromatic carbocycles. The maximum atomic E-state index is 12.0. The Kier molecular flexibility index (Phi) is 4.47. The van der Waals surface area contributed by atoms with Crippen molar-refractivity contribution in [2.45, 2.75) is 19.5 Å². The minimum atomic E-state index is -0.0414. The Morgan fingerprint density at radius 2 is 2.24 bits per heavy atom. The molecule has 1 heterocycles. The second kappa shape index (κ2) is 6.30. The predicted molar refractivity (Wildman–Crippen MR) is 84.2 cm³/mol. The van der Waals surface area contributed by atoms with Crippen molar-refractivity contribution in [2.24, 2.45) is 0 Å². The zero-order chi connectivity index (χ0) is 15.4. The number of nitrogen functional groups attached to an aromatic ring is 1. The van der Waals surface area contributed by atoms with Gasteiger partial charge in [-0.3, -0.25) is 4.79 Å². The first kappa shape index (κ1) is 14.9. The summed E-state index contributed by atoms with van der Waals surface area (Å²) in [5.41, 5.74) is 8.00. The lowest BCUT2D eigenvalue weighted by atomic mass is 10.1. The van der Waals surface area contributed by atoms with Gasteiger partial charge in [-0.1, -0.05) is 0 Å². The molecule has 0 spiro atoms. The molecule has 0 aliphatic heterocycles. The second-order valence-corrected chi connectivity index (χ2v) is 5.31. The fraction of sp³-hybridized carbons (Fsp3) is 0.333. The van der Waals surface area contributed by atoms with Gasteiger partial charge in [-0.25, -0.2) is 4.98 Å². The third-order valence-electron chi connectivity index (χ3n) is 3.15. The zero-order valence-electron chi connectivity index (χ0n) is 12.6. The SMILES string of the molecule is CC(Cn1ccnc1)Nc1cc(C(=O)N(C)C)ccc1N. The number of carbonyl (C=O) groups is 1. The molecule has 2 aromatic rings. The van der Waals surface area contributed by atoms with E-state index in [0.29, 0.717) is 11.3 Å². The number of hydrogen-bond donors (Lipinski definition) is 2. The minimum absolute atomic E-state index is 0.0414. The van der Waals surface area contributed by atoms with E-state index >= 15 is 0 Å². The molecule has 21 heavy (non-hydrogen) atoms. The number of imidazole rings is 1. The highest BCUT2D eigenvalue weighted by Crippen LogP contribution is 2.21. The smallest absolute Gasteiger partial charge is 0.253 e. The highest BCUT2D eigenvalue weighted by Gasteiger charge is 2.12. The summed E-state index contributed by atoms with van der Waals surface area (Å²) in [6, 6.07) is 5.44. The highest BCUT2D eigenvalue weighted by atomic mass is 16.2. The van der Waals surface area contributed by atoms with Crippen LogP contribution in [0.4, 0.5) is 11.4 Å². The van der Waals surface area contributed by atoms with Crippen molar-refractivity contribution in [3.8, 4) is 0 Å². The van der Waals surface area contributed by atoms with Gasteiger partial charge in [0.2, 0.25) is 0 Å². The van der Waals surface area contributed by atoms with Gasteiger partial charge in [0, 0.05) is 44.6 Å². The molecule has 3 N–H and O–H groups in total. The summed E-state index contributed by atoms with van der Waals surface area (Å²) in [6.07, 6.45) is 5.43. The van der Waals surface area contributed by atoms with E-state index in [4.69, 9.17) is 5.73 Å². The molecule has 1 aromatic heterocycles.